The van der Waals surface area contributed by atoms with E-state index in [1.165, 1.54) is 37.5 Å². The highest BCUT2D eigenvalue weighted by atomic mass is 19.4. The van der Waals surface area contributed by atoms with Gasteiger partial charge in [-0.25, -0.2) is 19.3 Å². The summed E-state index contributed by atoms with van der Waals surface area (Å²) in [4.78, 5) is 25.3. The van der Waals surface area contributed by atoms with Crippen molar-refractivity contribution in [2.45, 2.75) is 13.1 Å². The SMILES string of the molecule is CNc1nccc(-c2cccnc2Oc2cc(C(=O)Nc3cccc(C(F)(F)F)c3C)ccc2F)n1. The molecule has 2 N–H and O–H groups in total. The Morgan fingerprint density at radius 3 is 2.56 bits per heavy atom. The third-order valence-electron chi connectivity index (χ3n) is 5.21. The third-order valence-corrected chi connectivity index (χ3v) is 5.21. The van der Waals surface area contributed by atoms with Crippen LogP contribution in [-0.4, -0.2) is 27.9 Å². The van der Waals surface area contributed by atoms with E-state index in [0.29, 0.717) is 17.2 Å². The van der Waals surface area contributed by atoms with Crippen molar-refractivity contribution in [3.8, 4) is 22.9 Å². The van der Waals surface area contributed by atoms with Crippen molar-refractivity contribution < 1.29 is 27.1 Å². The second kappa shape index (κ2) is 9.98. The summed E-state index contributed by atoms with van der Waals surface area (Å²) >= 11 is 0. The van der Waals surface area contributed by atoms with Crippen LogP contribution >= 0.6 is 0 Å². The molecule has 4 rings (SSSR count). The molecule has 11 heteroatoms. The summed E-state index contributed by atoms with van der Waals surface area (Å²) < 4.78 is 59.9. The van der Waals surface area contributed by atoms with Gasteiger partial charge >= 0.3 is 6.18 Å². The van der Waals surface area contributed by atoms with Crippen molar-refractivity contribution in [1.82, 2.24) is 15.0 Å². The number of ether oxygens (including phenoxy) is 1. The van der Waals surface area contributed by atoms with Crippen LogP contribution in [0.5, 0.6) is 11.6 Å². The molecule has 0 saturated carbocycles. The first-order valence-electron chi connectivity index (χ1n) is 10.6. The lowest BCUT2D eigenvalue weighted by Gasteiger charge is -2.15. The van der Waals surface area contributed by atoms with E-state index in [1.807, 2.05) is 0 Å². The molecule has 2 aromatic heterocycles. The van der Waals surface area contributed by atoms with Crippen LogP contribution in [0.3, 0.4) is 0 Å². The first kappa shape index (κ1) is 24.6. The standard InChI is InChI=1S/C25H19F4N5O2/c1-14-17(25(27,28)29)6-3-7-19(14)33-22(35)15-8-9-18(26)21(13-15)36-23-16(5-4-11-31-23)20-10-12-32-24(30-2)34-20/h3-13H,1-2H3,(H,33,35)(H,30,32,34). The summed E-state index contributed by atoms with van der Waals surface area (Å²) in [6.45, 7) is 1.26. The highest BCUT2D eigenvalue weighted by Crippen LogP contribution is 2.35. The highest BCUT2D eigenvalue weighted by Gasteiger charge is 2.33. The van der Waals surface area contributed by atoms with E-state index < -0.39 is 23.5 Å². The van der Waals surface area contributed by atoms with Gasteiger partial charge in [0, 0.05) is 30.7 Å². The molecule has 0 spiro atoms. The summed E-state index contributed by atoms with van der Waals surface area (Å²) in [5, 5.41) is 5.26. The first-order valence-corrected chi connectivity index (χ1v) is 10.6. The number of halogens is 4. The number of anilines is 2. The van der Waals surface area contributed by atoms with Gasteiger partial charge in [0.05, 0.1) is 16.8 Å². The van der Waals surface area contributed by atoms with E-state index in [-0.39, 0.29) is 28.4 Å². The van der Waals surface area contributed by atoms with Gasteiger partial charge in [-0.05, 0) is 61.0 Å². The van der Waals surface area contributed by atoms with Gasteiger partial charge in [0.2, 0.25) is 11.8 Å². The minimum absolute atomic E-state index is 0.0160. The Kier molecular flexibility index (Phi) is 6.82. The quantitative estimate of drug-likeness (QED) is 0.314. The average Bonchev–Trinajstić information content (AvgIpc) is 2.86. The Morgan fingerprint density at radius 1 is 1.00 bits per heavy atom. The summed E-state index contributed by atoms with van der Waals surface area (Å²) in [5.74, 6) is -1.42. The minimum Gasteiger partial charge on any atom is -0.435 e. The molecule has 0 saturated heterocycles. The zero-order chi connectivity index (χ0) is 25.9. The lowest BCUT2D eigenvalue weighted by molar-refractivity contribution is -0.138. The van der Waals surface area contributed by atoms with Crippen molar-refractivity contribution >= 4 is 17.5 Å². The zero-order valence-corrected chi connectivity index (χ0v) is 19.0. The molecule has 184 valence electrons. The van der Waals surface area contributed by atoms with Gasteiger partial charge in [0.25, 0.3) is 5.91 Å². The number of benzene rings is 2. The molecule has 0 unspecified atom stereocenters. The van der Waals surface area contributed by atoms with Crippen LogP contribution in [0.25, 0.3) is 11.3 Å². The molecule has 1 amide bonds. The van der Waals surface area contributed by atoms with Crippen LogP contribution in [0.2, 0.25) is 0 Å². The lowest BCUT2D eigenvalue weighted by Crippen LogP contribution is -2.15. The fraction of sp³-hybridized carbons (Fsp3) is 0.120. The molecule has 0 radical (unpaired) electrons. The molecular formula is C25H19F4N5O2. The van der Waals surface area contributed by atoms with Gasteiger partial charge in [-0.1, -0.05) is 6.07 Å². The van der Waals surface area contributed by atoms with Crippen LogP contribution in [0.4, 0.5) is 29.2 Å². The molecule has 0 fully saturated rings. The van der Waals surface area contributed by atoms with Crippen LogP contribution in [0, 0.1) is 12.7 Å². The number of nitrogens with zero attached hydrogens (tertiary/aromatic N) is 3. The first-order chi connectivity index (χ1) is 17.2. The van der Waals surface area contributed by atoms with Gasteiger partial charge in [0.15, 0.2) is 11.6 Å². The molecule has 2 heterocycles. The maximum Gasteiger partial charge on any atom is 0.416 e. The number of nitrogens with one attached hydrogen (secondary N) is 2. The number of amides is 1. The lowest BCUT2D eigenvalue weighted by atomic mass is 10.1. The van der Waals surface area contributed by atoms with Gasteiger partial charge in [-0.2, -0.15) is 13.2 Å². The third kappa shape index (κ3) is 5.24. The summed E-state index contributed by atoms with van der Waals surface area (Å²) in [5.41, 5.74) is -0.131. The molecular weight excluding hydrogens is 478 g/mol. The Labute approximate surface area is 203 Å². The number of alkyl halides is 3. The van der Waals surface area contributed by atoms with Crippen molar-refractivity contribution in [3.63, 3.8) is 0 Å². The fourth-order valence-corrected chi connectivity index (χ4v) is 3.40. The van der Waals surface area contributed by atoms with E-state index >= 15 is 0 Å². The predicted octanol–water partition coefficient (Wildman–Crippen LogP) is 6.09. The van der Waals surface area contributed by atoms with E-state index in [1.54, 1.807) is 25.2 Å². The average molecular weight is 497 g/mol. The van der Waals surface area contributed by atoms with Crippen molar-refractivity contribution in [2.24, 2.45) is 0 Å². The molecule has 2 aromatic carbocycles. The second-order valence-corrected chi connectivity index (χ2v) is 7.55. The van der Waals surface area contributed by atoms with Gasteiger partial charge in [-0.15, -0.1) is 0 Å². The normalized spacial score (nSPS) is 11.2. The van der Waals surface area contributed by atoms with Gasteiger partial charge in [-0.3, -0.25) is 4.79 Å². The Balaban J connectivity index is 1.62. The molecule has 7 nitrogen and oxygen atoms in total. The fourth-order valence-electron chi connectivity index (χ4n) is 3.40. The van der Waals surface area contributed by atoms with Crippen molar-refractivity contribution in [2.75, 3.05) is 17.7 Å². The van der Waals surface area contributed by atoms with Gasteiger partial charge in [0.1, 0.15) is 0 Å². The predicted molar refractivity (Wildman–Crippen MR) is 125 cm³/mol. The molecule has 0 aliphatic rings. The Morgan fingerprint density at radius 2 is 1.81 bits per heavy atom. The maximum atomic E-state index is 14.6. The number of carbonyl (C=O) groups is 1. The Hall–Kier alpha value is -4.54. The van der Waals surface area contributed by atoms with Crippen molar-refractivity contribution in [1.29, 1.82) is 0 Å². The van der Waals surface area contributed by atoms with E-state index in [4.69, 9.17) is 4.74 Å². The molecule has 0 aliphatic carbocycles. The monoisotopic (exact) mass is 497 g/mol. The van der Waals surface area contributed by atoms with E-state index in [9.17, 15) is 22.4 Å². The minimum atomic E-state index is -4.57. The van der Waals surface area contributed by atoms with E-state index in [2.05, 4.69) is 25.6 Å². The van der Waals surface area contributed by atoms with E-state index in [0.717, 1.165) is 18.2 Å². The topological polar surface area (TPSA) is 89.0 Å². The maximum absolute atomic E-state index is 14.6. The number of hydrogen-bond donors (Lipinski definition) is 2. The molecule has 36 heavy (non-hydrogen) atoms. The molecule has 0 bridgehead atoms. The largest absolute Gasteiger partial charge is 0.435 e. The summed E-state index contributed by atoms with van der Waals surface area (Å²) in [6.07, 6.45) is -1.59. The molecule has 0 atom stereocenters. The number of carbonyl (C=O) groups excluding carboxylic acids is 1. The van der Waals surface area contributed by atoms with Crippen LogP contribution in [0.15, 0.2) is 67.0 Å². The highest BCUT2D eigenvalue weighted by molar-refractivity contribution is 6.05. The number of rotatable bonds is 6. The van der Waals surface area contributed by atoms with Crippen LogP contribution in [-0.2, 0) is 6.18 Å². The summed E-state index contributed by atoms with van der Waals surface area (Å²) in [6, 6.07) is 11.8. The molecule has 4 aromatic rings. The van der Waals surface area contributed by atoms with Crippen molar-refractivity contribution in [3.05, 3.63) is 89.5 Å². The smallest absolute Gasteiger partial charge is 0.416 e. The second-order valence-electron chi connectivity index (χ2n) is 7.55. The summed E-state index contributed by atoms with van der Waals surface area (Å²) in [7, 11) is 1.66. The zero-order valence-electron chi connectivity index (χ0n) is 19.0. The van der Waals surface area contributed by atoms with Crippen LogP contribution < -0.4 is 15.4 Å². The molecule has 0 aliphatic heterocycles. The van der Waals surface area contributed by atoms with Crippen LogP contribution in [0.1, 0.15) is 21.5 Å². The number of pyridine rings is 1. The Bertz CT molecular complexity index is 1430. The van der Waals surface area contributed by atoms with Gasteiger partial charge < -0.3 is 15.4 Å². The number of hydrogen-bond acceptors (Lipinski definition) is 6. The number of aromatic nitrogens is 3.